The predicted octanol–water partition coefficient (Wildman–Crippen LogP) is 2.07. The van der Waals surface area contributed by atoms with Crippen LogP contribution in [0.1, 0.15) is 26.7 Å². The number of hydrogen-bond donors (Lipinski definition) is 0. The smallest absolute Gasteiger partial charge is 0.0778 e. The van der Waals surface area contributed by atoms with Gasteiger partial charge in [0.1, 0.15) is 0 Å². The average Bonchev–Trinajstić information content (AvgIpc) is 2.84. The molecule has 2 fully saturated rings. The van der Waals surface area contributed by atoms with Gasteiger partial charge in [-0.2, -0.15) is 0 Å². The van der Waals surface area contributed by atoms with Crippen LogP contribution in [-0.2, 0) is 4.74 Å². The van der Waals surface area contributed by atoms with Crippen LogP contribution < -0.4 is 0 Å². The number of ether oxygens (including phenoxy) is 1. The Bertz CT molecular complexity index is 239. The highest BCUT2D eigenvalue weighted by molar-refractivity contribution is 5.25. The summed E-state index contributed by atoms with van der Waals surface area (Å²) in [5.74, 6) is 7.85. The molecule has 0 bridgehead atoms. The van der Waals surface area contributed by atoms with Crippen molar-refractivity contribution in [1.29, 1.82) is 0 Å². The Morgan fingerprint density at radius 3 is 2.33 bits per heavy atom. The summed E-state index contributed by atoms with van der Waals surface area (Å²) in [6, 6.07) is 0. The standard InChI is InChI=1S/C11H16O/c1-11(2)9(10(11)12-3)7-6-8-4-5-8/h8-10H,4-5H2,1-3H3. The van der Waals surface area contributed by atoms with Gasteiger partial charge in [0.05, 0.1) is 12.0 Å². The van der Waals surface area contributed by atoms with Gasteiger partial charge >= 0.3 is 0 Å². The lowest BCUT2D eigenvalue weighted by atomic mass is 10.1. The van der Waals surface area contributed by atoms with Crippen LogP contribution in [0.3, 0.4) is 0 Å². The molecule has 2 unspecified atom stereocenters. The summed E-state index contributed by atoms with van der Waals surface area (Å²) in [6.07, 6.45) is 3.01. The molecule has 1 nitrogen and oxygen atoms in total. The van der Waals surface area contributed by atoms with E-state index in [0.29, 0.717) is 17.4 Å². The first-order valence-corrected chi connectivity index (χ1v) is 4.70. The van der Waals surface area contributed by atoms with Gasteiger partial charge in [0.2, 0.25) is 0 Å². The molecule has 0 amide bonds. The van der Waals surface area contributed by atoms with Crippen molar-refractivity contribution in [2.45, 2.75) is 32.8 Å². The van der Waals surface area contributed by atoms with Gasteiger partial charge in [-0.15, -0.1) is 0 Å². The van der Waals surface area contributed by atoms with Gasteiger partial charge in [-0.1, -0.05) is 25.7 Å². The zero-order valence-corrected chi connectivity index (χ0v) is 8.05. The quantitative estimate of drug-likeness (QED) is 0.539. The largest absolute Gasteiger partial charge is 0.380 e. The summed E-state index contributed by atoms with van der Waals surface area (Å²) in [5, 5.41) is 0. The fourth-order valence-electron chi connectivity index (χ4n) is 1.73. The SMILES string of the molecule is COC1C(C#CC2CC2)C1(C)C. The molecule has 66 valence electrons. The number of methoxy groups -OCH3 is 1. The van der Waals surface area contributed by atoms with Crippen molar-refractivity contribution in [2.24, 2.45) is 17.3 Å². The molecule has 2 saturated carbocycles. The van der Waals surface area contributed by atoms with Crippen molar-refractivity contribution in [3.8, 4) is 11.8 Å². The lowest BCUT2D eigenvalue weighted by molar-refractivity contribution is 0.150. The second-order valence-electron chi connectivity index (χ2n) is 4.52. The highest BCUT2D eigenvalue weighted by Crippen LogP contribution is 2.53. The summed E-state index contributed by atoms with van der Waals surface area (Å²) in [6.45, 7) is 4.46. The zero-order chi connectivity index (χ0) is 8.77. The van der Waals surface area contributed by atoms with Gasteiger partial charge < -0.3 is 4.74 Å². The van der Waals surface area contributed by atoms with Gasteiger partial charge in [0.25, 0.3) is 0 Å². The molecule has 0 radical (unpaired) electrons. The molecule has 0 aromatic rings. The Morgan fingerprint density at radius 2 is 1.92 bits per heavy atom. The van der Waals surface area contributed by atoms with Crippen LogP contribution in [0.2, 0.25) is 0 Å². The van der Waals surface area contributed by atoms with E-state index in [2.05, 4.69) is 25.7 Å². The predicted molar refractivity (Wildman–Crippen MR) is 48.6 cm³/mol. The minimum absolute atomic E-state index is 0.302. The third-order valence-corrected chi connectivity index (χ3v) is 3.00. The first-order chi connectivity index (χ1) is 5.66. The highest BCUT2D eigenvalue weighted by Gasteiger charge is 2.58. The minimum Gasteiger partial charge on any atom is -0.380 e. The van der Waals surface area contributed by atoms with Crippen molar-refractivity contribution in [2.75, 3.05) is 7.11 Å². The average molecular weight is 164 g/mol. The molecule has 12 heavy (non-hydrogen) atoms. The molecular formula is C11H16O. The Hall–Kier alpha value is -0.480. The van der Waals surface area contributed by atoms with Crippen LogP contribution in [0, 0.1) is 29.1 Å². The van der Waals surface area contributed by atoms with Gasteiger partial charge in [0, 0.05) is 18.4 Å². The van der Waals surface area contributed by atoms with Gasteiger partial charge in [-0.05, 0) is 12.8 Å². The molecule has 2 atom stereocenters. The maximum Gasteiger partial charge on any atom is 0.0778 e. The maximum atomic E-state index is 5.34. The van der Waals surface area contributed by atoms with Crippen LogP contribution in [0.25, 0.3) is 0 Å². The molecule has 0 aliphatic heterocycles. The Labute approximate surface area is 74.5 Å². The molecule has 0 aromatic carbocycles. The lowest BCUT2D eigenvalue weighted by Crippen LogP contribution is -1.96. The molecule has 0 saturated heterocycles. The number of hydrogen-bond acceptors (Lipinski definition) is 1. The van der Waals surface area contributed by atoms with E-state index in [1.54, 1.807) is 7.11 Å². The second kappa shape index (κ2) is 2.50. The van der Waals surface area contributed by atoms with Crippen LogP contribution in [0.15, 0.2) is 0 Å². The van der Waals surface area contributed by atoms with Crippen molar-refractivity contribution >= 4 is 0 Å². The molecule has 1 heteroatoms. The Morgan fingerprint density at radius 1 is 1.25 bits per heavy atom. The van der Waals surface area contributed by atoms with Crippen LogP contribution in [0.4, 0.5) is 0 Å². The molecule has 2 aliphatic rings. The summed E-state index contributed by atoms with van der Waals surface area (Å²) in [4.78, 5) is 0. The summed E-state index contributed by atoms with van der Waals surface area (Å²) in [5.41, 5.74) is 0.302. The van der Waals surface area contributed by atoms with E-state index in [1.165, 1.54) is 12.8 Å². The molecule has 0 N–H and O–H groups in total. The molecule has 0 heterocycles. The summed E-state index contributed by atoms with van der Waals surface area (Å²) in [7, 11) is 1.78. The van der Waals surface area contributed by atoms with Crippen molar-refractivity contribution in [3.63, 3.8) is 0 Å². The fraction of sp³-hybridized carbons (Fsp3) is 0.818. The molecule has 0 aromatic heterocycles. The Kier molecular flexibility index (Phi) is 1.70. The third-order valence-electron chi connectivity index (χ3n) is 3.00. The lowest BCUT2D eigenvalue weighted by Gasteiger charge is -1.96. The molecular weight excluding hydrogens is 148 g/mol. The topological polar surface area (TPSA) is 9.23 Å². The van der Waals surface area contributed by atoms with Crippen molar-refractivity contribution < 1.29 is 4.74 Å². The van der Waals surface area contributed by atoms with E-state index in [-0.39, 0.29) is 0 Å². The van der Waals surface area contributed by atoms with Crippen LogP contribution >= 0.6 is 0 Å². The van der Waals surface area contributed by atoms with E-state index in [4.69, 9.17) is 4.74 Å². The number of rotatable bonds is 1. The molecule has 2 rings (SSSR count). The van der Waals surface area contributed by atoms with Gasteiger partial charge in [-0.3, -0.25) is 0 Å². The van der Waals surface area contributed by atoms with Crippen LogP contribution in [-0.4, -0.2) is 13.2 Å². The second-order valence-corrected chi connectivity index (χ2v) is 4.52. The first kappa shape index (κ1) is 8.13. The van der Waals surface area contributed by atoms with E-state index in [9.17, 15) is 0 Å². The van der Waals surface area contributed by atoms with Crippen molar-refractivity contribution in [3.05, 3.63) is 0 Å². The monoisotopic (exact) mass is 164 g/mol. The van der Waals surface area contributed by atoms with Gasteiger partial charge in [-0.25, -0.2) is 0 Å². The van der Waals surface area contributed by atoms with E-state index in [1.807, 2.05) is 0 Å². The van der Waals surface area contributed by atoms with E-state index < -0.39 is 0 Å². The highest BCUT2D eigenvalue weighted by atomic mass is 16.5. The summed E-state index contributed by atoms with van der Waals surface area (Å²) >= 11 is 0. The van der Waals surface area contributed by atoms with E-state index >= 15 is 0 Å². The summed E-state index contributed by atoms with van der Waals surface area (Å²) < 4.78 is 5.34. The fourth-order valence-corrected chi connectivity index (χ4v) is 1.73. The molecule has 2 aliphatic carbocycles. The first-order valence-electron chi connectivity index (χ1n) is 4.70. The van der Waals surface area contributed by atoms with Crippen molar-refractivity contribution in [1.82, 2.24) is 0 Å². The van der Waals surface area contributed by atoms with E-state index in [0.717, 1.165) is 5.92 Å². The Balaban J connectivity index is 1.95. The molecule has 0 spiro atoms. The zero-order valence-electron chi connectivity index (χ0n) is 8.05. The minimum atomic E-state index is 0.302. The normalized spacial score (nSPS) is 36.9. The third kappa shape index (κ3) is 1.25. The van der Waals surface area contributed by atoms with Gasteiger partial charge in [0.15, 0.2) is 0 Å². The van der Waals surface area contributed by atoms with Crippen LogP contribution in [0.5, 0.6) is 0 Å². The maximum absolute atomic E-state index is 5.34.